The Bertz CT molecular complexity index is 605. The highest BCUT2D eigenvalue weighted by atomic mass is 32.2. The van der Waals surface area contributed by atoms with Gasteiger partial charge in [0, 0.05) is 0 Å². The molecule has 0 amide bonds. The summed E-state index contributed by atoms with van der Waals surface area (Å²) in [5.41, 5.74) is 0.0477. The van der Waals surface area contributed by atoms with Crippen LogP contribution in [0.3, 0.4) is 0 Å². The van der Waals surface area contributed by atoms with E-state index < -0.39 is 17.6 Å². The van der Waals surface area contributed by atoms with Gasteiger partial charge in [0.25, 0.3) is 0 Å². The second kappa shape index (κ2) is 5.75. The average molecular weight is 282 g/mol. The van der Waals surface area contributed by atoms with E-state index in [0.29, 0.717) is 5.03 Å². The molecule has 0 aliphatic carbocycles. The van der Waals surface area contributed by atoms with Crippen LogP contribution in [0.15, 0.2) is 40.5 Å². The van der Waals surface area contributed by atoms with Crippen LogP contribution in [0.1, 0.15) is 10.5 Å². The molecule has 4 nitrogen and oxygen atoms in total. The highest BCUT2D eigenvalue weighted by Crippen LogP contribution is 2.28. The van der Waals surface area contributed by atoms with Gasteiger partial charge in [0.05, 0.1) is 24.4 Å². The second-order valence-electron chi connectivity index (χ2n) is 3.41. The van der Waals surface area contributed by atoms with Gasteiger partial charge in [0.1, 0.15) is 16.7 Å². The summed E-state index contributed by atoms with van der Waals surface area (Å²) in [4.78, 5) is 19.0. The molecule has 1 heterocycles. The van der Waals surface area contributed by atoms with Crippen molar-refractivity contribution in [1.29, 1.82) is 0 Å². The van der Waals surface area contributed by atoms with E-state index in [9.17, 15) is 13.6 Å². The number of aromatic nitrogens is 2. The Balaban J connectivity index is 2.19. The Labute approximate surface area is 111 Å². The quantitative estimate of drug-likeness (QED) is 0.810. The number of carbonyl (C=O) groups excluding carboxylic acids is 1. The summed E-state index contributed by atoms with van der Waals surface area (Å²) < 4.78 is 30.9. The van der Waals surface area contributed by atoms with Crippen molar-refractivity contribution in [2.24, 2.45) is 0 Å². The maximum atomic E-state index is 13.4. The fraction of sp³-hybridized carbons (Fsp3) is 0.0833. The molecule has 0 fully saturated rings. The van der Waals surface area contributed by atoms with Gasteiger partial charge in [-0.3, -0.25) is 0 Å². The molecule has 0 radical (unpaired) electrons. The first-order chi connectivity index (χ1) is 9.10. The van der Waals surface area contributed by atoms with Gasteiger partial charge < -0.3 is 4.74 Å². The monoisotopic (exact) mass is 282 g/mol. The van der Waals surface area contributed by atoms with Crippen LogP contribution in [-0.2, 0) is 4.74 Å². The summed E-state index contributed by atoms with van der Waals surface area (Å²) >= 11 is 0.916. The van der Waals surface area contributed by atoms with Crippen molar-refractivity contribution in [1.82, 2.24) is 9.97 Å². The highest BCUT2D eigenvalue weighted by Gasteiger charge is 2.10. The Hall–Kier alpha value is -2.02. The van der Waals surface area contributed by atoms with Crippen LogP contribution >= 0.6 is 11.8 Å². The molecule has 0 saturated heterocycles. The summed E-state index contributed by atoms with van der Waals surface area (Å²) in [6.45, 7) is 0. The van der Waals surface area contributed by atoms with Crippen molar-refractivity contribution in [3.63, 3.8) is 0 Å². The Morgan fingerprint density at radius 1 is 1.26 bits per heavy atom. The van der Waals surface area contributed by atoms with E-state index in [1.165, 1.54) is 19.5 Å². The minimum atomic E-state index is -0.610. The normalized spacial score (nSPS) is 10.3. The molecule has 1 aromatic heterocycles. The molecular formula is C12H8F2N2O2S. The number of rotatable bonds is 3. The fourth-order valence-electron chi connectivity index (χ4n) is 1.25. The number of ether oxygens (including phenoxy) is 1. The van der Waals surface area contributed by atoms with Gasteiger partial charge in [-0.2, -0.15) is 0 Å². The third kappa shape index (κ3) is 3.25. The summed E-state index contributed by atoms with van der Waals surface area (Å²) in [6.07, 6.45) is 2.51. The van der Waals surface area contributed by atoms with Gasteiger partial charge in [0.15, 0.2) is 5.69 Å². The minimum Gasteiger partial charge on any atom is -0.464 e. The third-order valence-electron chi connectivity index (χ3n) is 2.13. The molecule has 0 saturated carbocycles. The zero-order chi connectivity index (χ0) is 13.8. The smallest absolute Gasteiger partial charge is 0.358 e. The molecule has 0 spiro atoms. The second-order valence-corrected chi connectivity index (χ2v) is 4.47. The lowest BCUT2D eigenvalue weighted by Crippen LogP contribution is -2.04. The van der Waals surface area contributed by atoms with Crippen molar-refractivity contribution >= 4 is 17.7 Å². The lowest BCUT2D eigenvalue weighted by atomic mass is 10.3. The van der Waals surface area contributed by atoms with E-state index >= 15 is 0 Å². The number of hydrogen-bond donors (Lipinski definition) is 0. The molecule has 0 unspecified atom stereocenters. The summed E-state index contributed by atoms with van der Waals surface area (Å²) in [5, 5.41) is 0.345. The first kappa shape index (κ1) is 13.4. The summed E-state index contributed by atoms with van der Waals surface area (Å²) in [7, 11) is 1.23. The molecule has 0 aliphatic rings. The Kier molecular flexibility index (Phi) is 4.06. The number of benzene rings is 1. The van der Waals surface area contributed by atoms with Crippen LogP contribution in [0.25, 0.3) is 0 Å². The van der Waals surface area contributed by atoms with E-state index in [2.05, 4.69) is 14.7 Å². The highest BCUT2D eigenvalue weighted by molar-refractivity contribution is 7.99. The zero-order valence-electron chi connectivity index (χ0n) is 9.76. The van der Waals surface area contributed by atoms with Crippen LogP contribution < -0.4 is 0 Å². The molecule has 2 rings (SSSR count). The lowest BCUT2D eigenvalue weighted by molar-refractivity contribution is 0.0593. The van der Waals surface area contributed by atoms with Crippen LogP contribution in [0.5, 0.6) is 0 Å². The van der Waals surface area contributed by atoms with Crippen molar-refractivity contribution in [2.75, 3.05) is 7.11 Å². The molecule has 0 atom stereocenters. The van der Waals surface area contributed by atoms with Crippen LogP contribution in [-0.4, -0.2) is 23.0 Å². The van der Waals surface area contributed by atoms with Gasteiger partial charge in [-0.15, -0.1) is 0 Å². The van der Waals surface area contributed by atoms with E-state index in [1.54, 1.807) is 0 Å². The molecule has 0 bridgehead atoms. The van der Waals surface area contributed by atoms with E-state index in [1.807, 2.05) is 0 Å². The van der Waals surface area contributed by atoms with Crippen molar-refractivity contribution in [3.05, 3.63) is 47.9 Å². The molecule has 19 heavy (non-hydrogen) atoms. The Morgan fingerprint density at radius 3 is 2.68 bits per heavy atom. The largest absolute Gasteiger partial charge is 0.464 e. The topological polar surface area (TPSA) is 52.1 Å². The maximum absolute atomic E-state index is 13.4. The third-order valence-corrected chi connectivity index (χ3v) is 3.08. The average Bonchev–Trinajstić information content (AvgIpc) is 2.43. The Morgan fingerprint density at radius 2 is 2.05 bits per heavy atom. The lowest BCUT2D eigenvalue weighted by Gasteiger charge is -2.03. The van der Waals surface area contributed by atoms with Gasteiger partial charge >= 0.3 is 5.97 Å². The zero-order valence-corrected chi connectivity index (χ0v) is 10.6. The summed E-state index contributed by atoms with van der Waals surface area (Å²) in [5.74, 6) is -1.70. The predicted octanol–water partition coefficient (Wildman–Crippen LogP) is 2.69. The number of carbonyl (C=O) groups is 1. The molecular weight excluding hydrogens is 274 g/mol. The van der Waals surface area contributed by atoms with Crippen molar-refractivity contribution < 1.29 is 18.3 Å². The van der Waals surface area contributed by atoms with Crippen molar-refractivity contribution in [3.8, 4) is 0 Å². The van der Waals surface area contributed by atoms with Gasteiger partial charge in [0.2, 0.25) is 0 Å². The number of hydrogen-bond acceptors (Lipinski definition) is 5. The van der Waals surface area contributed by atoms with Gasteiger partial charge in [-0.1, -0.05) is 11.8 Å². The van der Waals surface area contributed by atoms with E-state index in [0.717, 1.165) is 30.0 Å². The number of halogens is 2. The standard InChI is InChI=1S/C12H8F2N2O2S/c1-18-12(17)9-5-16-11(6-15-9)19-10-4-7(13)2-3-8(10)14/h2-6H,1H3. The maximum Gasteiger partial charge on any atom is 0.358 e. The number of nitrogens with zero attached hydrogens (tertiary/aromatic N) is 2. The fourth-order valence-corrected chi connectivity index (χ4v) is 2.02. The first-order valence-electron chi connectivity index (χ1n) is 5.13. The molecule has 2 aromatic rings. The first-order valence-corrected chi connectivity index (χ1v) is 5.95. The van der Waals surface area contributed by atoms with E-state index in [-0.39, 0.29) is 10.6 Å². The minimum absolute atomic E-state index is 0.0477. The van der Waals surface area contributed by atoms with E-state index in [4.69, 9.17) is 0 Å². The SMILES string of the molecule is COC(=O)c1cnc(Sc2cc(F)ccc2F)cn1. The predicted molar refractivity (Wildman–Crippen MR) is 63.9 cm³/mol. The molecule has 0 N–H and O–H groups in total. The van der Waals surface area contributed by atoms with Crippen LogP contribution in [0, 0.1) is 11.6 Å². The summed E-state index contributed by atoms with van der Waals surface area (Å²) in [6, 6.07) is 3.13. The molecule has 98 valence electrons. The van der Waals surface area contributed by atoms with Gasteiger partial charge in [-0.05, 0) is 18.2 Å². The molecule has 1 aromatic carbocycles. The van der Waals surface area contributed by atoms with Crippen LogP contribution in [0.4, 0.5) is 8.78 Å². The van der Waals surface area contributed by atoms with Gasteiger partial charge in [-0.25, -0.2) is 23.5 Å². The number of esters is 1. The molecule has 7 heteroatoms. The van der Waals surface area contributed by atoms with Crippen molar-refractivity contribution in [2.45, 2.75) is 9.92 Å². The number of methoxy groups -OCH3 is 1. The van der Waals surface area contributed by atoms with Crippen LogP contribution in [0.2, 0.25) is 0 Å². The molecule has 0 aliphatic heterocycles.